The number of fused-ring (bicyclic) bond motifs is 2. The summed E-state index contributed by atoms with van der Waals surface area (Å²) in [4.78, 5) is 22.8. The van der Waals surface area contributed by atoms with Crippen LogP contribution < -0.4 is 15.1 Å². The fraction of sp³-hybridized carbons (Fsp3) is 0.200. The number of aliphatic hydroxyl groups excluding tert-OH is 1. The van der Waals surface area contributed by atoms with Gasteiger partial charge in [-0.25, -0.2) is 9.59 Å². The Morgan fingerprint density at radius 1 is 1.32 bits per heavy atom. The van der Waals surface area contributed by atoms with Crippen LogP contribution in [0.25, 0.3) is 11.0 Å². The first-order chi connectivity index (χ1) is 10.6. The van der Waals surface area contributed by atoms with Gasteiger partial charge in [0.15, 0.2) is 17.3 Å². The largest absolute Gasteiger partial charge is 0.482 e. The molecular formula is C15H12O7. The number of carbonyl (C=O) groups is 1. The van der Waals surface area contributed by atoms with Crippen LogP contribution in [0.2, 0.25) is 0 Å². The van der Waals surface area contributed by atoms with Crippen LogP contribution in [0.1, 0.15) is 0 Å². The van der Waals surface area contributed by atoms with E-state index in [2.05, 4.69) is 4.74 Å². The molecule has 1 N–H and O–H groups in total. The highest BCUT2D eigenvalue weighted by molar-refractivity contribution is 5.89. The zero-order chi connectivity index (χ0) is 15.7. The van der Waals surface area contributed by atoms with Crippen LogP contribution in [0.4, 0.5) is 0 Å². The maximum absolute atomic E-state index is 11.6. The summed E-state index contributed by atoms with van der Waals surface area (Å²) in [5, 5.41) is 9.93. The average Bonchev–Trinajstić information content (AvgIpc) is 2.53. The van der Waals surface area contributed by atoms with Gasteiger partial charge in [-0.3, -0.25) is 0 Å². The minimum atomic E-state index is -0.684. The van der Waals surface area contributed by atoms with Gasteiger partial charge in [0.1, 0.15) is 17.8 Å². The monoisotopic (exact) mass is 304 g/mol. The highest BCUT2D eigenvalue weighted by Crippen LogP contribution is 2.37. The van der Waals surface area contributed by atoms with Crippen LogP contribution in [-0.4, -0.2) is 31.4 Å². The highest BCUT2D eigenvalue weighted by atomic mass is 16.6. The smallest absolute Gasteiger partial charge is 0.339 e. The number of ether oxygens (including phenoxy) is 3. The van der Waals surface area contributed by atoms with E-state index in [4.69, 9.17) is 13.9 Å². The number of rotatable bonds is 2. The lowest BCUT2D eigenvalue weighted by atomic mass is 10.2. The van der Waals surface area contributed by atoms with Crippen LogP contribution in [0, 0.1) is 0 Å². The van der Waals surface area contributed by atoms with Crippen LogP contribution >= 0.6 is 0 Å². The molecule has 0 saturated carbocycles. The number of hydrogen-bond donors (Lipinski definition) is 1. The molecule has 0 amide bonds. The van der Waals surface area contributed by atoms with Gasteiger partial charge in [0.05, 0.1) is 13.7 Å². The summed E-state index contributed by atoms with van der Waals surface area (Å²) in [6.07, 6.45) is 0. The molecule has 22 heavy (non-hydrogen) atoms. The third-order valence-electron chi connectivity index (χ3n) is 3.20. The highest BCUT2D eigenvalue weighted by Gasteiger charge is 2.24. The van der Waals surface area contributed by atoms with Crippen molar-refractivity contribution in [2.24, 2.45) is 0 Å². The van der Waals surface area contributed by atoms with E-state index in [0.29, 0.717) is 22.5 Å². The maximum atomic E-state index is 11.6. The normalized spacial score (nSPS) is 15.5. The molecule has 0 atom stereocenters. The number of carbonyl (C=O) groups excluding carboxylic acids is 1. The number of aliphatic hydroxyl groups is 1. The van der Waals surface area contributed by atoms with Crippen molar-refractivity contribution in [3.63, 3.8) is 0 Å². The molecule has 2 heterocycles. The van der Waals surface area contributed by atoms with Crippen molar-refractivity contribution in [2.45, 2.75) is 0 Å². The Morgan fingerprint density at radius 3 is 2.86 bits per heavy atom. The first-order valence-corrected chi connectivity index (χ1v) is 6.42. The lowest BCUT2D eigenvalue weighted by Crippen LogP contribution is -2.21. The molecule has 1 aliphatic heterocycles. The predicted molar refractivity (Wildman–Crippen MR) is 74.7 cm³/mol. The van der Waals surface area contributed by atoms with E-state index in [1.54, 1.807) is 18.2 Å². The summed E-state index contributed by atoms with van der Waals surface area (Å²) < 4.78 is 20.8. The van der Waals surface area contributed by atoms with E-state index < -0.39 is 18.2 Å². The molecule has 0 aliphatic carbocycles. The Balaban J connectivity index is 2.06. The lowest BCUT2D eigenvalue weighted by Gasteiger charge is -2.22. The van der Waals surface area contributed by atoms with Crippen molar-refractivity contribution in [3.05, 3.63) is 46.0 Å². The van der Waals surface area contributed by atoms with E-state index in [-0.39, 0.29) is 17.9 Å². The third kappa shape index (κ3) is 2.42. The predicted octanol–water partition coefficient (Wildman–Crippen LogP) is 0.984. The number of hydrogen-bond acceptors (Lipinski definition) is 7. The lowest BCUT2D eigenvalue weighted by molar-refractivity contribution is -0.136. The molecule has 0 unspecified atom stereocenters. The summed E-state index contributed by atoms with van der Waals surface area (Å²) in [7, 11) is 1.21. The van der Waals surface area contributed by atoms with Gasteiger partial charge in [0.25, 0.3) is 0 Å². The minimum absolute atomic E-state index is 0.00663. The van der Waals surface area contributed by atoms with Gasteiger partial charge in [-0.15, -0.1) is 0 Å². The topological polar surface area (TPSA) is 95.2 Å². The minimum Gasteiger partial charge on any atom is -0.482 e. The third-order valence-corrected chi connectivity index (χ3v) is 3.20. The molecule has 1 aromatic heterocycles. The van der Waals surface area contributed by atoms with Gasteiger partial charge < -0.3 is 23.7 Å². The fourth-order valence-corrected chi connectivity index (χ4v) is 2.11. The van der Waals surface area contributed by atoms with Crippen molar-refractivity contribution < 1.29 is 28.5 Å². The molecule has 1 aromatic carbocycles. The second-order valence-electron chi connectivity index (χ2n) is 4.53. The average molecular weight is 304 g/mol. The van der Waals surface area contributed by atoms with E-state index >= 15 is 0 Å². The Hall–Kier alpha value is -2.80. The molecule has 0 fully saturated rings. The van der Waals surface area contributed by atoms with E-state index in [1.165, 1.54) is 13.2 Å². The Bertz CT molecular complexity index is 831. The molecule has 0 radical (unpaired) electrons. The first kappa shape index (κ1) is 14.2. The van der Waals surface area contributed by atoms with Crippen molar-refractivity contribution in [1.82, 2.24) is 0 Å². The fourth-order valence-electron chi connectivity index (χ4n) is 2.11. The molecule has 7 heteroatoms. The zero-order valence-corrected chi connectivity index (χ0v) is 11.6. The van der Waals surface area contributed by atoms with E-state index in [9.17, 15) is 14.7 Å². The molecule has 1 aliphatic rings. The summed E-state index contributed by atoms with van der Waals surface area (Å²) in [5.41, 5.74) is -0.0940. The molecule has 0 bridgehead atoms. The van der Waals surface area contributed by atoms with E-state index in [1.807, 2.05) is 0 Å². The molecule has 3 rings (SSSR count). The second kappa shape index (κ2) is 5.53. The number of esters is 1. The van der Waals surface area contributed by atoms with Crippen molar-refractivity contribution in [2.75, 3.05) is 20.3 Å². The first-order valence-electron chi connectivity index (χ1n) is 6.42. The standard InChI is InChI=1S/C15H12O7/c1-19-15(18)9(6-16)13-7-20-11-5-10-8(4-12(11)21-13)2-3-14(17)22-10/h2-5,16H,6-7H2,1H3/b13-9+. The van der Waals surface area contributed by atoms with Gasteiger partial charge >= 0.3 is 11.6 Å². The van der Waals surface area contributed by atoms with Gasteiger partial charge in [0.2, 0.25) is 0 Å². The molecular weight excluding hydrogens is 292 g/mol. The molecule has 2 aromatic rings. The van der Waals surface area contributed by atoms with Crippen LogP contribution in [0.5, 0.6) is 11.5 Å². The van der Waals surface area contributed by atoms with Crippen LogP contribution in [0.15, 0.2) is 44.8 Å². The molecule has 0 spiro atoms. The maximum Gasteiger partial charge on any atom is 0.339 e. The molecule has 7 nitrogen and oxygen atoms in total. The number of methoxy groups -OCH3 is 1. The van der Waals surface area contributed by atoms with Crippen molar-refractivity contribution >= 4 is 16.9 Å². The Morgan fingerprint density at radius 2 is 2.14 bits per heavy atom. The van der Waals surface area contributed by atoms with Gasteiger partial charge in [-0.1, -0.05) is 0 Å². The molecule has 0 saturated heterocycles. The quantitative estimate of drug-likeness (QED) is 0.502. The second-order valence-corrected chi connectivity index (χ2v) is 4.53. The number of benzene rings is 1. The van der Waals surface area contributed by atoms with Crippen molar-refractivity contribution in [3.8, 4) is 11.5 Å². The summed E-state index contributed by atoms with van der Waals surface area (Å²) in [5.74, 6) is 0.236. The van der Waals surface area contributed by atoms with Gasteiger partial charge in [-0.2, -0.15) is 0 Å². The van der Waals surface area contributed by atoms with E-state index in [0.717, 1.165) is 0 Å². The van der Waals surface area contributed by atoms with Crippen molar-refractivity contribution in [1.29, 1.82) is 0 Å². The molecule has 114 valence electrons. The van der Waals surface area contributed by atoms with Crippen LogP contribution in [-0.2, 0) is 9.53 Å². The zero-order valence-electron chi connectivity index (χ0n) is 11.6. The van der Waals surface area contributed by atoms with Gasteiger partial charge in [-0.05, 0) is 12.1 Å². The Labute approximate surface area is 124 Å². The summed E-state index contributed by atoms with van der Waals surface area (Å²) in [6.45, 7) is -0.566. The van der Waals surface area contributed by atoms with Gasteiger partial charge in [0, 0.05) is 17.5 Å². The Kier molecular flexibility index (Phi) is 3.56. The summed E-state index contributed by atoms with van der Waals surface area (Å²) >= 11 is 0. The SMILES string of the molecule is COC(=O)/C(CO)=C1\COc2cc3oc(=O)ccc3cc2O1. The van der Waals surface area contributed by atoms with Crippen LogP contribution in [0.3, 0.4) is 0 Å². The summed E-state index contributed by atoms with van der Waals surface area (Å²) in [6, 6.07) is 6.05.